The van der Waals surface area contributed by atoms with E-state index in [0.29, 0.717) is 5.75 Å². The molecule has 2 aliphatic rings. The van der Waals surface area contributed by atoms with Gasteiger partial charge >= 0.3 is 6.18 Å². The zero-order chi connectivity index (χ0) is 13.5. The van der Waals surface area contributed by atoms with Crippen molar-refractivity contribution < 1.29 is 17.9 Å². The first-order valence-electron chi connectivity index (χ1n) is 6.56. The van der Waals surface area contributed by atoms with Crippen molar-refractivity contribution in [3.63, 3.8) is 0 Å². The van der Waals surface area contributed by atoms with Gasteiger partial charge in [-0.15, -0.1) is 0 Å². The lowest BCUT2D eigenvalue weighted by Gasteiger charge is -2.34. The number of hydrogen-bond donors (Lipinski definition) is 0. The van der Waals surface area contributed by atoms with E-state index in [1.807, 2.05) is 0 Å². The number of halogens is 3. The van der Waals surface area contributed by atoms with Crippen LogP contribution in [0.4, 0.5) is 13.2 Å². The molecule has 5 heteroatoms. The van der Waals surface area contributed by atoms with Crippen LogP contribution in [-0.2, 0) is 6.18 Å². The molecule has 0 radical (unpaired) electrons. The molecular formula is C14H16F3NO. The van der Waals surface area contributed by atoms with Gasteiger partial charge in [0.15, 0.2) is 0 Å². The van der Waals surface area contributed by atoms with Gasteiger partial charge in [0.25, 0.3) is 0 Å². The molecular weight excluding hydrogens is 255 g/mol. The molecule has 0 saturated carbocycles. The summed E-state index contributed by atoms with van der Waals surface area (Å²) in [5.41, 5.74) is -0.922. The molecule has 0 N–H and O–H groups in total. The number of hydrogen-bond acceptors (Lipinski definition) is 2. The molecule has 0 amide bonds. The second-order valence-corrected chi connectivity index (χ2v) is 5.44. The first-order valence-corrected chi connectivity index (χ1v) is 6.56. The molecule has 2 aliphatic heterocycles. The molecule has 2 bridgehead atoms. The predicted molar refractivity (Wildman–Crippen MR) is 65.1 cm³/mol. The summed E-state index contributed by atoms with van der Waals surface area (Å²) in [7, 11) is 0. The summed E-state index contributed by atoms with van der Waals surface area (Å²) in [4.78, 5) is 2.32. The Kier molecular flexibility index (Phi) is 2.96. The first-order chi connectivity index (χ1) is 8.97. The van der Waals surface area contributed by atoms with Crippen molar-refractivity contribution in [3.8, 4) is 5.75 Å². The van der Waals surface area contributed by atoms with Crippen molar-refractivity contribution in [3.05, 3.63) is 29.8 Å². The van der Waals surface area contributed by atoms with E-state index in [9.17, 15) is 13.2 Å². The maximum atomic E-state index is 12.7. The Labute approximate surface area is 110 Å². The molecule has 1 aromatic carbocycles. The van der Waals surface area contributed by atoms with Gasteiger partial charge in [0.1, 0.15) is 11.4 Å². The molecule has 2 fully saturated rings. The lowest BCUT2D eigenvalue weighted by Crippen LogP contribution is -2.43. The van der Waals surface area contributed by atoms with Gasteiger partial charge in [-0.25, -0.2) is 0 Å². The minimum absolute atomic E-state index is 0.275. The van der Waals surface area contributed by atoms with Gasteiger partial charge in [-0.2, -0.15) is 13.2 Å². The average Bonchev–Trinajstić information content (AvgIpc) is 2.64. The smallest absolute Gasteiger partial charge is 0.416 e. The van der Waals surface area contributed by atoms with Crippen LogP contribution < -0.4 is 4.74 Å². The summed E-state index contributed by atoms with van der Waals surface area (Å²) in [5, 5.41) is 0. The number of alkyl halides is 3. The van der Waals surface area contributed by atoms with Gasteiger partial charge in [-0.05, 0) is 37.6 Å². The lowest BCUT2D eigenvalue weighted by molar-refractivity contribution is -0.137. The van der Waals surface area contributed by atoms with Crippen LogP contribution in [0.3, 0.4) is 0 Å². The molecule has 0 aromatic heterocycles. The van der Waals surface area contributed by atoms with Crippen molar-refractivity contribution in [2.24, 2.45) is 0 Å². The minimum atomic E-state index is -4.31. The number of ether oxygens (including phenoxy) is 1. The minimum Gasteiger partial charge on any atom is -0.486 e. The van der Waals surface area contributed by atoms with Gasteiger partial charge in [0.2, 0.25) is 0 Å². The van der Waals surface area contributed by atoms with Crippen molar-refractivity contribution in [2.45, 2.75) is 31.0 Å². The van der Waals surface area contributed by atoms with Crippen molar-refractivity contribution in [1.29, 1.82) is 0 Å². The van der Waals surface area contributed by atoms with Crippen LogP contribution >= 0.6 is 0 Å². The van der Waals surface area contributed by atoms with E-state index in [1.54, 1.807) is 6.07 Å². The van der Waals surface area contributed by atoms with E-state index >= 15 is 0 Å². The fourth-order valence-electron chi connectivity index (χ4n) is 3.07. The van der Waals surface area contributed by atoms with E-state index in [2.05, 4.69) is 4.90 Å². The summed E-state index contributed by atoms with van der Waals surface area (Å²) in [6, 6.07) is 5.20. The fourth-order valence-corrected chi connectivity index (χ4v) is 3.07. The second kappa shape index (κ2) is 4.40. The molecule has 2 heterocycles. The highest BCUT2D eigenvalue weighted by Crippen LogP contribution is 2.37. The third kappa shape index (κ3) is 2.56. The van der Waals surface area contributed by atoms with E-state index < -0.39 is 11.7 Å². The Hall–Kier alpha value is -1.23. The number of benzene rings is 1. The van der Waals surface area contributed by atoms with Crippen LogP contribution in [0.15, 0.2) is 24.3 Å². The average molecular weight is 271 g/mol. The monoisotopic (exact) mass is 271 g/mol. The standard InChI is InChI=1S/C14H16F3NO/c15-14(16,17)11-3-1-4-12(9-11)19-13-5-2-7-18(10-13)8-6-13/h1,3-4,9H,2,5-8,10H2. The molecule has 2 unspecified atom stereocenters. The highest BCUT2D eigenvalue weighted by atomic mass is 19.4. The Morgan fingerprint density at radius 3 is 2.79 bits per heavy atom. The molecule has 104 valence electrons. The molecule has 19 heavy (non-hydrogen) atoms. The quantitative estimate of drug-likeness (QED) is 0.818. The van der Waals surface area contributed by atoms with E-state index in [4.69, 9.17) is 4.74 Å². The van der Waals surface area contributed by atoms with E-state index in [1.165, 1.54) is 6.07 Å². The number of piperidine rings is 1. The fraction of sp³-hybridized carbons (Fsp3) is 0.571. The van der Waals surface area contributed by atoms with Crippen LogP contribution in [-0.4, -0.2) is 30.1 Å². The number of nitrogens with zero attached hydrogens (tertiary/aromatic N) is 1. The molecule has 2 nitrogen and oxygen atoms in total. The van der Waals surface area contributed by atoms with Crippen molar-refractivity contribution >= 4 is 0 Å². The maximum absolute atomic E-state index is 12.7. The van der Waals surface area contributed by atoms with Crippen molar-refractivity contribution in [2.75, 3.05) is 19.6 Å². The zero-order valence-corrected chi connectivity index (χ0v) is 10.5. The van der Waals surface area contributed by atoms with Gasteiger partial charge in [-0.3, -0.25) is 4.90 Å². The highest BCUT2D eigenvalue weighted by Gasteiger charge is 2.43. The highest BCUT2D eigenvalue weighted by molar-refractivity contribution is 5.31. The molecule has 2 atom stereocenters. The Bertz CT molecular complexity index is 470. The van der Waals surface area contributed by atoms with Crippen LogP contribution in [0.1, 0.15) is 24.8 Å². The van der Waals surface area contributed by atoms with Crippen molar-refractivity contribution in [1.82, 2.24) is 4.90 Å². The first kappa shape index (κ1) is 12.8. The van der Waals surface area contributed by atoms with Gasteiger partial charge in [-0.1, -0.05) is 6.07 Å². The predicted octanol–water partition coefficient (Wildman–Crippen LogP) is 3.32. The van der Waals surface area contributed by atoms with Crippen LogP contribution in [0.5, 0.6) is 5.75 Å². The molecule has 1 aromatic rings. The normalized spacial score (nSPS) is 30.4. The van der Waals surface area contributed by atoms with Gasteiger partial charge in [0, 0.05) is 19.5 Å². The largest absolute Gasteiger partial charge is 0.486 e. The topological polar surface area (TPSA) is 12.5 Å². The van der Waals surface area contributed by atoms with Crippen LogP contribution in [0.25, 0.3) is 0 Å². The summed E-state index contributed by atoms with van der Waals surface area (Å²) < 4.78 is 43.9. The molecule has 0 aliphatic carbocycles. The number of rotatable bonds is 2. The molecule has 2 saturated heterocycles. The van der Waals surface area contributed by atoms with E-state index in [-0.39, 0.29) is 5.60 Å². The van der Waals surface area contributed by atoms with E-state index in [0.717, 1.165) is 51.0 Å². The SMILES string of the molecule is FC(F)(F)c1cccc(OC23CCCN(CC2)C3)c1. The maximum Gasteiger partial charge on any atom is 0.416 e. The summed E-state index contributed by atoms with van der Waals surface area (Å²) in [6.45, 7) is 2.90. The third-order valence-electron chi connectivity index (χ3n) is 4.00. The zero-order valence-electron chi connectivity index (χ0n) is 10.5. The lowest BCUT2D eigenvalue weighted by atomic mass is 9.94. The Balaban J connectivity index is 1.80. The molecule has 0 spiro atoms. The Morgan fingerprint density at radius 1 is 1.16 bits per heavy atom. The van der Waals surface area contributed by atoms with Crippen LogP contribution in [0.2, 0.25) is 0 Å². The van der Waals surface area contributed by atoms with Gasteiger partial charge in [0.05, 0.1) is 5.56 Å². The van der Waals surface area contributed by atoms with Gasteiger partial charge < -0.3 is 4.74 Å². The Morgan fingerprint density at radius 2 is 2.00 bits per heavy atom. The number of fused-ring (bicyclic) bond motifs is 2. The van der Waals surface area contributed by atoms with Crippen LogP contribution in [0, 0.1) is 0 Å². The second-order valence-electron chi connectivity index (χ2n) is 5.44. The summed E-state index contributed by atoms with van der Waals surface area (Å²) in [5.74, 6) is 0.332. The summed E-state index contributed by atoms with van der Waals surface area (Å²) in [6.07, 6.45) is -1.42. The third-order valence-corrected chi connectivity index (χ3v) is 4.00. The molecule has 3 rings (SSSR count). The summed E-state index contributed by atoms with van der Waals surface area (Å²) >= 11 is 0.